The maximum Gasteiger partial charge on any atom is 0.143 e. The molecule has 0 atom stereocenters. The number of hydrogen-bond donors (Lipinski definition) is 0. The third-order valence-electron chi connectivity index (χ3n) is 9.35. The molecule has 3 aromatic carbocycles. The highest BCUT2D eigenvalue weighted by Gasteiger charge is 2.37. The van der Waals surface area contributed by atoms with Crippen molar-refractivity contribution in [1.82, 2.24) is 0 Å². The van der Waals surface area contributed by atoms with E-state index in [9.17, 15) is 0 Å². The molecule has 3 aromatic rings. The van der Waals surface area contributed by atoms with Crippen LogP contribution >= 0.6 is 22.6 Å². The summed E-state index contributed by atoms with van der Waals surface area (Å²) in [6.45, 7) is 13.1. The average molecular weight is 999 g/mol. The molecule has 0 aliphatic heterocycles. The minimum absolute atomic E-state index is 0.414. The molecule has 0 aliphatic rings. The van der Waals surface area contributed by atoms with Crippen LogP contribution in [0.15, 0.2) is 91.0 Å². The zero-order valence-electron chi connectivity index (χ0n) is 37.6. The Kier molecular flexibility index (Phi) is 36.2. The Hall–Kier alpha value is -2.13. The van der Waals surface area contributed by atoms with Crippen LogP contribution in [0.3, 0.4) is 0 Å². The molecular weight excluding hydrogens is 923 g/mol. The number of alkyl halides is 1. The van der Waals surface area contributed by atoms with Gasteiger partial charge in [-0.3, -0.25) is 0 Å². The lowest BCUT2D eigenvalue weighted by atomic mass is 9.80. The third kappa shape index (κ3) is 27.8. The number of rotatable bonds is 46. The smallest absolute Gasteiger partial charge is 0.143 e. The third-order valence-corrected chi connectivity index (χ3v) is 10.1. The summed E-state index contributed by atoms with van der Waals surface area (Å²) in [5.41, 5.74) is 2.45. The maximum absolute atomic E-state index is 6.74. The van der Waals surface area contributed by atoms with Gasteiger partial charge in [0.1, 0.15) is 5.60 Å². The van der Waals surface area contributed by atoms with Crippen molar-refractivity contribution in [3.05, 3.63) is 108 Å². The Balaban J connectivity index is 0.988. The molecule has 0 heterocycles. The molecule has 3 rings (SSSR count). The molecule has 0 saturated heterocycles. The number of benzene rings is 3. The van der Waals surface area contributed by atoms with Crippen molar-refractivity contribution in [1.29, 1.82) is 0 Å². The first-order chi connectivity index (χ1) is 31.4. The molecule has 63 heavy (non-hydrogen) atoms. The molecule has 0 aromatic heterocycles. The SMILES string of the molecule is ICCCCCCOCCOCCOCCOCCOCCOCCOCCOCCOCCOCCOCCOCCOC(c1ccccc1)(c1ccccc1)c1ccccc1. The van der Waals surface area contributed by atoms with Crippen LogP contribution < -0.4 is 0 Å². The summed E-state index contributed by atoms with van der Waals surface area (Å²) in [5, 5.41) is 0. The fraction of sp³-hybridized carbons (Fsp3) is 0.633. The van der Waals surface area contributed by atoms with Crippen LogP contribution in [-0.2, 0) is 67.2 Å². The van der Waals surface area contributed by atoms with Crippen molar-refractivity contribution in [2.75, 3.05) is 170 Å². The van der Waals surface area contributed by atoms with Crippen LogP contribution in [0.1, 0.15) is 42.4 Å². The molecule has 0 radical (unpaired) electrons. The molecular formula is C49H75IO13. The van der Waals surface area contributed by atoms with Gasteiger partial charge in [-0.25, -0.2) is 0 Å². The minimum Gasteiger partial charge on any atom is -0.379 e. The van der Waals surface area contributed by atoms with E-state index in [-0.39, 0.29) is 0 Å². The van der Waals surface area contributed by atoms with Crippen molar-refractivity contribution in [2.24, 2.45) is 0 Å². The van der Waals surface area contributed by atoms with Crippen LogP contribution in [0.5, 0.6) is 0 Å². The number of unbranched alkanes of at least 4 members (excludes halogenated alkanes) is 3. The summed E-state index contributed by atoms with van der Waals surface area (Å²) in [6, 6.07) is 31.0. The maximum atomic E-state index is 6.74. The lowest BCUT2D eigenvalue weighted by Gasteiger charge is -2.36. The zero-order chi connectivity index (χ0) is 44.2. The van der Waals surface area contributed by atoms with Crippen molar-refractivity contribution in [3.63, 3.8) is 0 Å². The molecule has 13 nitrogen and oxygen atoms in total. The van der Waals surface area contributed by atoms with Gasteiger partial charge in [-0.05, 0) is 34.0 Å². The van der Waals surface area contributed by atoms with E-state index in [0.29, 0.717) is 159 Å². The number of ether oxygens (including phenoxy) is 13. The average Bonchev–Trinajstić information content (AvgIpc) is 3.33. The Bertz CT molecular complexity index is 1280. The summed E-state index contributed by atoms with van der Waals surface area (Å²) in [6.07, 6.45) is 4.96. The fourth-order valence-electron chi connectivity index (χ4n) is 6.20. The summed E-state index contributed by atoms with van der Waals surface area (Å²) in [5.74, 6) is 0. The molecule has 356 valence electrons. The van der Waals surface area contributed by atoms with E-state index < -0.39 is 5.60 Å². The molecule has 0 N–H and O–H groups in total. The molecule has 0 bridgehead atoms. The van der Waals surface area contributed by atoms with Crippen LogP contribution in [0, 0.1) is 0 Å². The summed E-state index contributed by atoms with van der Waals surface area (Å²) < 4.78 is 74.9. The minimum atomic E-state index is -0.754. The number of hydrogen-bond acceptors (Lipinski definition) is 13. The van der Waals surface area contributed by atoms with Crippen LogP contribution in [-0.4, -0.2) is 170 Å². The second-order valence-corrected chi connectivity index (χ2v) is 15.2. The molecule has 14 heteroatoms. The van der Waals surface area contributed by atoms with E-state index >= 15 is 0 Å². The second-order valence-electron chi connectivity index (χ2n) is 14.1. The molecule has 0 fully saturated rings. The van der Waals surface area contributed by atoms with Crippen LogP contribution in [0.4, 0.5) is 0 Å². The summed E-state index contributed by atoms with van der Waals surface area (Å²) in [7, 11) is 0. The number of halogens is 1. The van der Waals surface area contributed by atoms with Gasteiger partial charge in [-0.2, -0.15) is 0 Å². The quantitative estimate of drug-likeness (QED) is 0.0246. The van der Waals surface area contributed by atoms with Gasteiger partial charge in [-0.15, -0.1) is 0 Å². The first-order valence-electron chi connectivity index (χ1n) is 22.7. The molecule has 0 saturated carbocycles. The van der Waals surface area contributed by atoms with Gasteiger partial charge < -0.3 is 61.6 Å². The highest BCUT2D eigenvalue weighted by molar-refractivity contribution is 14.1. The van der Waals surface area contributed by atoms with Gasteiger partial charge in [0.15, 0.2) is 0 Å². The normalized spacial score (nSPS) is 11.8. The van der Waals surface area contributed by atoms with Crippen LogP contribution in [0.2, 0.25) is 0 Å². The first kappa shape index (κ1) is 55.2. The van der Waals surface area contributed by atoms with Gasteiger partial charge >= 0.3 is 0 Å². The Labute approximate surface area is 391 Å². The predicted octanol–water partition coefficient (Wildman–Crippen LogP) is 7.19. The van der Waals surface area contributed by atoms with Crippen molar-refractivity contribution in [3.8, 4) is 0 Å². The van der Waals surface area contributed by atoms with Gasteiger partial charge in [0, 0.05) is 6.61 Å². The largest absolute Gasteiger partial charge is 0.379 e. The molecule has 0 spiro atoms. The van der Waals surface area contributed by atoms with E-state index in [1.54, 1.807) is 0 Å². The second kappa shape index (κ2) is 41.3. The lowest BCUT2D eigenvalue weighted by molar-refractivity contribution is -0.0399. The summed E-state index contributed by atoms with van der Waals surface area (Å²) >= 11 is 2.42. The predicted molar refractivity (Wildman–Crippen MR) is 252 cm³/mol. The highest BCUT2D eigenvalue weighted by atomic mass is 127. The van der Waals surface area contributed by atoms with E-state index in [2.05, 4.69) is 59.0 Å². The van der Waals surface area contributed by atoms with Crippen molar-refractivity contribution >= 4 is 22.6 Å². The monoisotopic (exact) mass is 998 g/mol. The van der Waals surface area contributed by atoms with Crippen LogP contribution in [0.25, 0.3) is 0 Å². The van der Waals surface area contributed by atoms with Gasteiger partial charge in [-0.1, -0.05) is 126 Å². The van der Waals surface area contributed by atoms with Gasteiger partial charge in [0.2, 0.25) is 0 Å². The molecule has 0 amide bonds. The van der Waals surface area contributed by atoms with Crippen molar-refractivity contribution in [2.45, 2.75) is 31.3 Å². The van der Waals surface area contributed by atoms with Gasteiger partial charge in [0.25, 0.3) is 0 Å². The highest BCUT2D eigenvalue weighted by Crippen LogP contribution is 2.40. The standard InChI is InChI=1S/C49H75IO13/c50-20-12-1-2-13-21-51-22-23-52-24-25-53-26-27-54-28-29-55-30-31-56-32-33-57-34-35-58-36-37-59-38-39-60-40-41-61-42-43-62-44-45-63-49(46-14-6-3-7-15-46,47-16-8-4-9-17-47)48-18-10-5-11-19-48/h3-11,14-19H,1-2,12-13,20-45H2. The Morgan fingerprint density at radius 1 is 0.254 bits per heavy atom. The molecule has 0 unspecified atom stereocenters. The molecule has 0 aliphatic carbocycles. The van der Waals surface area contributed by atoms with E-state index in [4.69, 9.17) is 61.6 Å². The Morgan fingerprint density at radius 2 is 0.476 bits per heavy atom. The van der Waals surface area contributed by atoms with E-state index in [1.165, 1.54) is 23.7 Å². The summed E-state index contributed by atoms with van der Waals surface area (Å²) in [4.78, 5) is 0. The lowest BCUT2D eigenvalue weighted by Crippen LogP contribution is -2.34. The van der Waals surface area contributed by atoms with E-state index in [1.807, 2.05) is 54.6 Å². The van der Waals surface area contributed by atoms with Gasteiger partial charge in [0.05, 0.1) is 159 Å². The fourth-order valence-corrected chi connectivity index (χ4v) is 6.73. The Morgan fingerprint density at radius 3 is 0.730 bits per heavy atom. The topological polar surface area (TPSA) is 120 Å². The first-order valence-corrected chi connectivity index (χ1v) is 24.2. The zero-order valence-corrected chi connectivity index (χ0v) is 39.7. The van der Waals surface area contributed by atoms with Crippen molar-refractivity contribution < 1.29 is 61.6 Å². The van der Waals surface area contributed by atoms with E-state index in [0.717, 1.165) is 29.7 Å².